The van der Waals surface area contributed by atoms with Crippen molar-refractivity contribution in [3.8, 4) is 0 Å². The Morgan fingerprint density at radius 3 is 2.35 bits per heavy atom. The maximum atomic E-state index is 12.3. The molecule has 0 aliphatic carbocycles. The number of alkyl halides is 3. The first-order chi connectivity index (χ1) is 7.44. The third-order valence-corrected chi connectivity index (χ3v) is 2.84. The summed E-state index contributed by atoms with van der Waals surface area (Å²) >= 11 is -0.139. The Bertz CT molecular complexity index is 347. The summed E-state index contributed by atoms with van der Waals surface area (Å²) in [6.07, 6.45) is 0.468. The summed E-state index contributed by atoms with van der Waals surface area (Å²) in [5.41, 5.74) is 7.30. The van der Waals surface area contributed by atoms with Crippen LogP contribution in [0.3, 0.4) is 0 Å². The highest BCUT2D eigenvalue weighted by Gasteiger charge is 2.30. The Labute approximate surface area is 108 Å². The molecule has 0 fully saturated rings. The van der Waals surface area contributed by atoms with Crippen molar-refractivity contribution >= 4 is 24.2 Å². The van der Waals surface area contributed by atoms with Gasteiger partial charge in [-0.3, -0.25) is 0 Å². The van der Waals surface area contributed by atoms with Gasteiger partial charge in [0.15, 0.2) is 0 Å². The minimum atomic E-state index is -4.29. The van der Waals surface area contributed by atoms with E-state index in [4.69, 9.17) is 11.5 Å². The topological polar surface area (TPSA) is 52.0 Å². The lowest BCUT2D eigenvalue weighted by Gasteiger charge is -2.16. The van der Waals surface area contributed by atoms with E-state index in [1.165, 1.54) is 6.07 Å². The van der Waals surface area contributed by atoms with Crippen molar-refractivity contribution in [3.63, 3.8) is 0 Å². The maximum absolute atomic E-state index is 12.3. The van der Waals surface area contributed by atoms with Gasteiger partial charge in [-0.1, -0.05) is 18.2 Å². The predicted molar refractivity (Wildman–Crippen MR) is 66.2 cm³/mol. The SMILES string of the molecule is Cl.NCC[C@H](N)c1ccccc1SC(F)(F)F. The molecule has 0 saturated heterocycles. The fourth-order valence-corrected chi connectivity index (χ4v) is 2.07. The van der Waals surface area contributed by atoms with Crippen molar-refractivity contribution < 1.29 is 13.2 Å². The molecule has 0 unspecified atom stereocenters. The van der Waals surface area contributed by atoms with Gasteiger partial charge in [0, 0.05) is 10.9 Å². The number of rotatable bonds is 4. The summed E-state index contributed by atoms with van der Waals surface area (Å²) in [6.45, 7) is 0.353. The zero-order valence-electron chi connectivity index (χ0n) is 8.91. The quantitative estimate of drug-likeness (QED) is 0.837. The van der Waals surface area contributed by atoms with Crippen molar-refractivity contribution in [3.05, 3.63) is 29.8 Å². The van der Waals surface area contributed by atoms with Crippen LogP contribution < -0.4 is 11.5 Å². The minimum Gasteiger partial charge on any atom is -0.330 e. The van der Waals surface area contributed by atoms with Crippen LogP contribution in [0.5, 0.6) is 0 Å². The summed E-state index contributed by atoms with van der Waals surface area (Å²) in [5.74, 6) is 0. The highest BCUT2D eigenvalue weighted by molar-refractivity contribution is 8.00. The lowest BCUT2D eigenvalue weighted by Crippen LogP contribution is -2.16. The van der Waals surface area contributed by atoms with E-state index in [-0.39, 0.29) is 29.1 Å². The number of thioether (sulfide) groups is 1. The largest absolute Gasteiger partial charge is 0.446 e. The van der Waals surface area contributed by atoms with E-state index in [1.807, 2.05) is 0 Å². The van der Waals surface area contributed by atoms with Gasteiger partial charge in [0.25, 0.3) is 0 Å². The van der Waals surface area contributed by atoms with Crippen molar-refractivity contribution in [1.82, 2.24) is 0 Å². The molecule has 0 bridgehead atoms. The van der Waals surface area contributed by atoms with Crippen LogP contribution in [0.2, 0.25) is 0 Å². The Morgan fingerprint density at radius 2 is 1.82 bits per heavy atom. The molecule has 1 atom stereocenters. The molecule has 0 radical (unpaired) electrons. The van der Waals surface area contributed by atoms with Gasteiger partial charge in [0.1, 0.15) is 0 Å². The van der Waals surface area contributed by atoms with Crippen LogP contribution in [-0.4, -0.2) is 12.1 Å². The minimum absolute atomic E-state index is 0. The molecule has 0 amide bonds. The summed E-state index contributed by atoms with van der Waals surface area (Å²) in [5, 5.41) is 0. The van der Waals surface area contributed by atoms with E-state index in [9.17, 15) is 13.2 Å². The Balaban J connectivity index is 0.00000256. The second kappa shape index (κ2) is 7.10. The fraction of sp³-hybridized carbons (Fsp3) is 0.400. The van der Waals surface area contributed by atoms with E-state index >= 15 is 0 Å². The molecule has 0 spiro atoms. The molecule has 0 saturated carbocycles. The summed E-state index contributed by atoms with van der Waals surface area (Å²) in [4.78, 5) is 0.149. The molecule has 1 rings (SSSR count). The summed E-state index contributed by atoms with van der Waals surface area (Å²) in [7, 11) is 0. The van der Waals surface area contributed by atoms with Crippen molar-refractivity contribution in [2.45, 2.75) is 22.9 Å². The summed E-state index contributed by atoms with van der Waals surface area (Å²) in [6, 6.07) is 5.81. The molecular formula is C10H14ClF3N2S. The lowest BCUT2D eigenvalue weighted by molar-refractivity contribution is -0.0328. The molecule has 1 aromatic rings. The smallest absolute Gasteiger partial charge is 0.330 e. The van der Waals surface area contributed by atoms with E-state index in [1.54, 1.807) is 18.2 Å². The van der Waals surface area contributed by atoms with Crippen LogP contribution in [0, 0.1) is 0 Å². The molecule has 0 aliphatic rings. The molecule has 98 valence electrons. The van der Waals surface area contributed by atoms with Crippen LogP contribution in [0.25, 0.3) is 0 Å². The fourth-order valence-electron chi connectivity index (χ4n) is 1.34. The molecule has 17 heavy (non-hydrogen) atoms. The Morgan fingerprint density at radius 1 is 1.24 bits per heavy atom. The van der Waals surface area contributed by atoms with Crippen LogP contribution in [0.4, 0.5) is 13.2 Å². The number of hydrogen-bond donors (Lipinski definition) is 2. The molecular weight excluding hydrogens is 273 g/mol. The normalized spacial score (nSPS) is 13.0. The first-order valence-corrected chi connectivity index (χ1v) is 5.56. The molecule has 4 N–H and O–H groups in total. The molecule has 7 heteroatoms. The third-order valence-electron chi connectivity index (χ3n) is 2.02. The van der Waals surface area contributed by atoms with Crippen molar-refractivity contribution in [2.24, 2.45) is 11.5 Å². The second-order valence-electron chi connectivity index (χ2n) is 3.27. The van der Waals surface area contributed by atoms with Gasteiger partial charge >= 0.3 is 5.51 Å². The molecule has 0 heterocycles. The van der Waals surface area contributed by atoms with Crippen LogP contribution in [0.15, 0.2) is 29.2 Å². The van der Waals surface area contributed by atoms with Crippen molar-refractivity contribution in [2.75, 3.05) is 6.54 Å². The van der Waals surface area contributed by atoms with Crippen LogP contribution in [0.1, 0.15) is 18.0 Å². The molecule has 0 aromatic heterocycles. The van der Waals surface area contributed by atoms with E-state index in [2.05, 4.69) is 0 Å². The Hall–Kier alpha value is -0.430. The number of benzene rings is 1. The first kappa shape index (κ1) is 16.6. The molecule has 0 aliphatic heterocycles. The van der Waals surface area contributed by atoms with E-state index < -0.39 is 11.6 Å². The molecule has 1 aromatic carbocycles. The third kappa shape index (κ3) is 5.63. The standard InChI is InChI=1S/C10H13F3N2S.ClH/c11-10(12,13)16-9-4-2-1-3-7(9)8(15)5-6-14;/h1-4,8H,5-6,14-15H2;1H/t8-;/m0./s1. The average Bonchev–Trinajstić information content (AvgIpc) is 2.16. The van der Waals surface area contributed by atoms with Gasteiger partial charge in [-0.15, -0.1) is 12.4 Å². The zero-order chi connectivity index (χ0) is 12.2. The van der Waals surface area contributed by atoms with Gasteiger partial charge in [0.2, 0.25) is 0 Å². The van der Waals surface area contributed by atoms with E-state index in [0.717, 1.165) is 0 Å². The highest BCUT2D eigenvalue weighted by Crippen LogP contribution is 2.39. The zero-order valence-corrected chi connectivity index (χ0v) is 10.5. The number of hydrogen-bond acceptors (Lipinski definition) is 3. The van der Waals surface area contributed by atoms with Crippen LogP contribution in [-0.2, 0) is 0 Å². The first-order valence-electron chi connectivity index (χ1n) is 4.74. The van der Waals surface area contributed by atoms with Gasteiger partial charge in [-0.05, 0) is 36.4 Å². The lowest BCUT2D eigenvalue weighted by atomic mass is 10.1. The van der Waals surface area contributed by atoms with Gasteiger partial charge < -0.3 is 11.5 Å². The Kier molecular flexibility index (Phi) is 6.92. The van der Waals surface area contributed by atoms with Crippen molar-refractivity contribution in [1.29, 1.82) is 0 Å². The monoisotopic (exact) mass is 286 g/mol. The van der Waals surface area contributed by atoms with Gasteiger partial charge in [0.05, 0.1) is 0 Å². The number of halogens is 4. The van der Waals surface area contributed by atoms with Gasteiger partial charge in [-0.25, -0.2) is 0 Å². The predicted octanol–water partition coefficient (Wildman–Crippen LogP) is 3.07. The molecule has 2 nitrogen and oxygen atoms in total. The number of nitrogens with two attached hydrogens (primary N) is 2. The summed E-state index contributed by atoms with van der Waals surface area (Å²) < 4.78 is 36.8. The van der Waals surface area contributed by atoms with Crippen LogP contribution >= 0.6 is 24.2 Å². The average molecular weight is 287 g/mol. The maximum Gasteiger partial charge on any atom is 0.446 e. The highest BCUT2D eigenvalue weighted by atomic mass is 35.5. The van der Waals surface area contributed by atoms with Gasteiger partial charge in [-0.2, -0.15) is 13.2 Å². The van der Waals surface area contributed by atoms with E-state index in [0.29, 0.717) is 18.5 Å². The second-order valence-corrected chi connectivity index (χ2v) is 4.38.